The van der Waals surface area contributed by atoms with Crippen LogP contribution in [0, 0.1) is 17.0 Å². The summed E-state index contributed by atoms with van der Waals surface area (Å²) in [7, 11) is 0. The number of hydrogen-bond acceptors (Lipinski definition) is 8. The van der Waals surface area contributed by atoms with E-state index in [1.165, 1.54) is 18.7 Å². The fraction of sp³-hybridized carbons (Fsp3) is 0.0588. The number of anilines is 1. The van der Waals surface area contributed by atoms with Crippen LogP contribution in [0.25, 0.3) is 0 Å². The fourth-order valence-corrected chi connectivity index (χ4v) is 2.96. The second kappa shape index (κ2) is 8.23. The van der Waals surface area contributed by atoms with Gasteiger partial charge in [-0.25, -0.2) is 9.97 Å². The molecule has 0 aliphatic rings. The van der Waals surface area contributed by atoms with E-state index in [0.717, 1.165) is 22.2 Å². The predicted octanol–water partition coefficient (Wildman–Crippen LogP) is 3.00. The molecule has 0 aliphatic carbocycles. The Morgan fingerprint density at radius 3 is 2.63 bits per heavy atom. The first-order valence-electron chi connectivity index (χ1n) is 7.75. The number of hydrogen-bond donors (Lipinski definition) is 2. The summed E-state index contributed by atoms with van der Waals surface area (Å²) < 4.78 is 0. The monoisotopic (exact) mass is 382 g/mol. The fourth-order valence-electron chi connectivity index (χ4n) is 2.10. The van der Waals surface area contributed by atoms with E-state index >= 15 is 0 Å². The molecule has 0 unspecified atom stereocenters. The molecule has 136 valence electrons. The molecule has 0 saturated heterocycles. The number of pyridine rings is 1. The molecule has 10 heteroatoms. The van der Waals surface area contributed by atoms with Gasteiger partial charge in [0.25, 0.3) is 5.91 Å². The van der Waals surface area contributed by atoms with Gasteiger partial charge in [0.2, 0.25) is 5.82 Å². The third-order valence-electron chi connectivity index (χ3n) is 3.42. The average molecular weight is 382 g/mol. The molecule has 2 aromatic heterocycles. The molecule has 0 fully saturated rings. The van der Waals surface area contributed by atoms with Crippen LogP contribution in [0.3, 0.4) is 0 Å². The third kappa shape index (κ3) is 4.55. The van der Waals surface area contributed by atoms with Crippen molar-refractivity contribution in [2.45, 2.75) is 16.8 Å². The molecule has 0 aliphatic heterocycles. The molecule has 1 amide bonds. The summed E-state index contributed by atoms with van der Waals surface area (Å²) in [6.07, 6.45) is 4.11. The Kier molecular flexibility index (Phi) is 5.57. The molecule has 0 atom stereocenters. The third-order valence-corrected chi connectivity index (χ3v) is 4.42. The molecule has 2 N–H and O–H groups in total. The van der Waals surface area contributed by atoms with Crippen molar-refractivity contribution in [3.8, 4) is 0 Å². The summed E-state index contributed by atoms with van der Waals surface area (Å²) in [5.74, 6) is -0.606. The Morgan fingerprint density at radius 1 is 1.19 bits per heavy atom. The zero-order valence-electron chi connectivity index (χ0n) is 14.1. The molecular weight excluding hydrogens is 368 g/mol. The molecule has 0 spiro atoms. The van der Waals surface area contributed by atoms with Crippen LogP contribution >= 0.6 is 11.8 Å². The Balaban J connectivity index is 1.82. The normalized spacial score (nSPS) is 10.3. The minimum absolute atomic E-state index is 0.109. The van der Waals surface area contributed by atoms with Crippen LogP contribution in [-0.4, -0.2) is 25.8 Å². The van der Waals surface area contributed by atoms with Crippen molar-refractivity contribution >= 4 is 29.2 Å². The van der Waals surface area contributed by atoms with Crippen LogP contribution < -0.4 is 10.9 Å². The second-order valence-electron chi connectivity index (χ2n) is 5.37. The maximum absolute atomic E-state index is 12.1. The van der Waals surface area contributed by atoms with E-state index in [1.807, 2.05) is 31.2 Å². The lowest BCUT2D eigenvalue weighted by Crippen LogP contribution is -2.30. The molecule has 27 heavy (non-hydrogen) atoms. The number of nitrogens with one attached hydrogen (secondary N) is 2. The van der Waals surface area contributed by atoms with Crippen LogP contribution in [0.15, 0.2) is 65.0 Å². The van der Waals surface area contributed by atoms with Gasteiger partial charge in [0.1, 0.15) is 6.33 Å². The van der Waals surface area contributed by atoms with Crippen LogP contribution in [0.4, 0.5) is 11.5 Å². The van der Waals surface area contributed by atoms with E-state index in [4.69, 9.17) is 0 Å². The smallest absolute Gasteiger partial charge is 0.276 e. The van der Waals surface area contributed by atoms with Gasteiger partial charge in [-0.3, -0.25) is 30.7 Å². The average Bonchev–Trinajstić information content (AvgIpc) is 2.68. The van der Waals surface area contributed by atoms with Gasteiger partial charge in [0.05, 0.1) is 10.5 Å². The number of aromatic nitrogens is 3. The van der Waals surface area contributed by atoms with E-state index in [2.05, 4.69) is 25.8 Å². The molecule has 0 radical (unpaired) electrons. The number of aryl methyl sites for hydroxylation is 1. The highest BCUT2D eigenvalue weighted by Crippen LogP contribution is 2.36. The molecule has 0 saturated carbocycles. The molecular formula is C17H14N6O3S. The van der Waals surface area contributed by atoms with Gasteiger partial charge in [-0.1, -0.05) is 29.5 Å². The predicted molar refractivity (Wildman–Crippen MR) is 99.3 cm³/mol. The van der Waals surface area contributed by atoms with Crippen molar-refractivity contribution in [3.63, 3.8) is 0 Å². The van der Waals surface area contributed by atoms with Gasteiger partial charge < -0.3 is 0 Å². The highest BCUT2D eigenvalue weighted by molar-refractivity contribution is 7.99. The lowest BCUT2D eigenvalue weighted by atomic mass is 10.2. The Bertz CT molecular complexity index is 966. The lowest BCUT2D eigenvalue weighted by Gasteiger charge is -2.09. The summed E-state index contributed by atoms with van der Waals surface area (Å²) in [6, 6.07) is 10.7. The molecule has 0 bridgehead atoms. The molecule has 9 nitrogen and oxygen atoms in total. The highest BCUT2D eigenvalue weighted by atomic mass is 32.2. The van der Waals surface area contributed by atoms with Crippen molar-refractivity contribution in [2.24, 2.45) is 0 Å². The van der Waals surface area contributed by atoms with Gasteiger partial charge in [-0.15, -0.1) is 0 Å². The van der Waals surface area contributed by atoms with Crippen molar-refractivity contribution < 1.29 is 9.72 Å². The summed E-state index contributed by atoms with van der Waals surface area (Å²) in [5, 5.41) is 11.7. The first-order valence-corrected chi connectivity index (χ1v) is 8.56. The van der Waals surface area contributed by atoms with Crippen molar-refractivity contribution in [2.75, 3.05) is 5.43 Å². The van der Waals surface area contributed by atoms with E-state index < -0.39 is 10.8 Å². The zero-order chi connectivity index (χ0) is 19.2. The minimum Gasteiger partial charge on any atom is -0.276 e. The quantitative estimate of drug-likeness (QED) is 0.379. The van der Waals surface area contributed by atoms with E-state index in [0.29, 0.717) is 5.56 Å². The number of nitro groups is 1. The number of benzene rings is 1. The zero-order valence-corrected chi connectivity index (χ0v) is 14.9. The van der Waals surface area contributed by atoms with Gasteiger partial charge in [0, 0.05) is 17.3 Å². The number of nitrogens with zero attached hydrogens (tertiary/aromatic N) is 4. The summed E-state index contributed by atoms with van der Waals surface area (Å²) in [4.78, 5) is 35.6. The Morgan fingerprint density at radius 2 is 1.96 bits per heavy atom. The minimum atomic E-state index is -0.588. The standard InChI is InChI=1S/C17H14N6O3S/c1-11-4-6-13(7-5-11)27-17-14(23(25)26)15(19-10-20-17)21-22-16(24)12-3-2-8-18-9-12/h2-10H,1H3,(H,22,24)(H,19,20,21). The van der Waals surface area contributed by atoms with E-state index in [9.17, 15) is 14.9 Å². The number of rotatable bonds is 6. The Hall–Kier alpha value is -3.53. The number of carbonyl (C=O) groups excluding carboxylic acids is 1. The number of amides is 1. The first kappa shape index (κ1) is 18.3. The SMILES string of the molecule is Cc1ccc(Sc2ncnc(NNC(=O)c3cccnc3)c2[N+](=O)[O-])cc1. The largest absolute Gasteiger partial charge is 0.345 e. The topological polar surface area (TPSA) is 123 Å². The number of hydrazine groups is 1. The summed E-state index contributed by atoms with van der Waals surface area (Å²) >= 11 is 1.14. The molecule has 1 aromatic carbocycles. The second-order valence-corrected chi connectivity index (χ2v) is 6.43. The lowest BCUT2D eigenvalue weighted by molar-refractivity contribution is -0.387. The number of carbonyl (C=O) groups is 1. The maximum Gasteiger partial charge on any atom is 0.345 e. The first-order chi connectivity index (χ1) is 13.0. The van der Waals surface area contributed by atoms with Crippen LogP contribution in [0.5, 0.6) is 0 Å². The van der Waals surface area contributed by atoms with Crippen molar-refractivity contribution in [3.05, 3.63) is 76.4 Å². The van der Waals surface area contributed by atoms with Gasteiger partial charge in [-0.05, 0) is 31.2 Å². The van der Waals surface area contributed by atoms with Crippen molar-refractivity contribution in [1.29, 1.82) is 0 Å². The summed E-state index contributed by atoms with van der Waals surface area (Å²) in [6.45, 7) is 1.95. The van der Waals surface area contributed by atoms with E-state index in [1.54, 1.807) is 12.1 Å². The van der Waals surface area contributed by atoms with Gasteiger partial charge >= 0.3 is 5.69 Å². The maximum atomic E-state index is 12.1. The van der Waals surface area contributed by atoms with Gasteiger partial charge in [0.15, 0.2) is 5.03 Å². The molecule has 3 aromatic rings. The van der Waals surface area contributed by atoms with Crippen LogP contribution in [0.1, 0.15) is 15.9 Å². The van der Waals surface area contributed by atoms with E-state index in [-0.39, 0.29) is 16.5 Å². The van der Waals surface area contributed by atoms with Crippen LogP contribution in [0.2, 0.25) is 0 Å². The molecule has 2 heterocycles. The molecule has 3 rings (SSSR count). The highest BCUT2D eigenvalue weighted by Gasteiger charge is 2.24. The van der Waals surface area contributed by atoms with Gasteiger partial charge in [-0.2, -0.15) is 0 Å². The van der Waals surface area contributed by atoms with Crippen molar-refractivity contribution in [1.82, 2.24) is 20.4 Å². The summed E-state index contributed by atoms with van der Waals surface area (Å²) in [5.41, 5.74) is 5.93. The Labute approximate surface area is 158 Å². The van der Waals surface area contributed by atoms with Crippen LogP contribution in [-0.2, 0) is 0 Å².